The molecular formula is C23H21N3O. The Morgan fingerprint density at radius 2 is 1.78 bits per heavy atom. The molecule has 0 aliphatic carbocycles. The number of amides is 1. The van der Waals surface area contributed by atoms with Gasteiger partial charge in [0.05, 0.1) is 0 Å². The molecule has 27 heavy (non-hydrogen) atoms. The van der Waals surface area contributed by atoms with Crippen LogP contribution in [0.25, 0.3) is 22.2 Å². The van der Waals surface area contributed by atoms with Crippen molar-refractivity contribution in [1.29, 1.82) is 0 Å². The van der Waals surface area contributed by atoms with Crippen molar-refractivity contribution in [3.63, 3.8) is 0 Å². The number of nitrogens with zero attached hydrogens (tertiary/aromatic N) is 2. The normalized spacial score (nSPS) is 10.8. The van der Waals surface area contributed by atoms with Gasteiger partial charge in [0.15, 0.2) is 0 Å². The Kier molecular flexibility index (Phi) is 4.97. The lowest BCUT2D eigenvalue weighted by Crippen LogP contribution is -2.24. The second-order valence-corrected chi connectivity index (χ2v) is 6.49. The predicted octanol–water partition coefficient (Wildman–Crippen LogP) is 4.41. The molecule has 0 aliphatic heterocycles. The smallest absolute Gasteiger partial charge is 0.222 e. The maximum atomic E-state index is 12.4. The number of aromatic nitrogens is 2. The van der Waals surface area contributed by atoms with Crippen LogP contribution in [0.15, 0.2) is 85.2 Å². The topological polar surface area (TPSA) is 46.9 Å². The fourth-order valence-corrected chi connectivity index (χ4v) is 3.30. The highest BCUT2D eigenvalue weighted by Gasteiger charge is 2.11. The molecule has 0 bridgehead atoms. The van der Waals surface area contributed by atoms with Crippen molar-refractivity contribution in [3.05, 3.63) is 90.8 Å². The molecule has 0 spiro atoms. The number of carbonyl (C=O) groups is 1. The van der Waals surface area contributed by atoms with Crippen LogP contribution < -0.4 is 5.32 Å². The minimum atomic E-state index is 0.0376. The van der Waals surface area contributed by atoms with Crippen LogP contribution in [0, 0.1) is 0 Å². The number of benzene rings is 2. The van der Waals surface area contributed by atoms with Crippen LogP contribution in [-0.4, -0.2) is 15.5 Å². The third-order valence-corrected chi connectivity index (χ3v) is 4.66. The summed E-state index contributed by atoms with van der Waals surface area (Å²) < 4.78 is 2.23. The van der Waals surface area contributed by atoms with Crippen molar-refractivity contribution in [1.82, 2.24) is 14.9 Å². The van der Waals surface area contributed by atoms with Crippen LogP contribution in [-0.2, 0) is 17.9 Å². The van der Waals surface area contributed by atoms with Gasteiger partial charge in [-0.25, -0.2) is 0 Å². The lowest BCUT2D eigenvalue weighted by atomic mass is 10.1. The largest absolute Gasteiger partial charge is 0.352 e. The van der Waals surface area contributed by atoms with Crippen molar-refractivity contribution >= 4 is 16.8 Å². The average Bonchev–Trinajstić information content (AvgIpc) is 3.11. The molecule has 2 aromatic carbocycles. The zero-order valence-electron chi connectivity index (χ0n) is 15.0. The van der Waals surface area contributed by atoms with E-state index in [9.17, 15) is 4.79 Å². The average molecular weight is 355 g/mol. The van der Waals surface area contributed by atoms with Gasteiger partial charge in [0.2, 0.25) is 5.91 Å². The van der Waals surface area contributed by atoms with Gasteiger partial charge in [-0.3, -0.25) is 9.78 Å². The quantitative estimate of drug-likeness (QED) is 0.557. The highest BCUT2D eigenvalue weighted by Crippen LogP contribution is 2.28. The van der Waals surface area contributed by atoms with Gasteiger partial charge in [0, 0.05) is 48.5 Å². The number of aryl methyl sites for hydroxylation is 1. The Bertz CT molecular complexity index is 1040. The van der Waals surface area contributed by atoms with Crippen molar-refractivity contribution in [2.24, 2.45) is 0 Å². The minimum absolute atomic E-state index is 0.0376. The number of para-hydroxylation sites is 1. The first-order chi connectivity index (χ1) is 13.3. The van der Waals surface area contributed by atoms with Crippen molar-refractivity contribution in [2.75, 3.05) is 0 Å². The minimum Gasteiger partial charge on any atom is -0.352 e. The molecule has 0 atom stereocenters. The lowest BCUT2D eigenvalue weighted by molar-refractivity contribution is -0.121. The SMILES string of the molecule is O=C(CCn1c(-c2ccccc2)cc2ccccc21)NCc1cccnc1. The molecule has 1 N–H and O–H groups in total. The Morgan fingerprint density at radius 1 is 0.963 bits per heavy atom. The Balaban J connectivity index is 1.52. The fourth-order valence-electron chi connectivity index (χ4n) is 3.30. The first-order valence-corrected chi connectivity index (χ1v) is 9.10. The number of hydrogen-bond acceptors (Lipinski definition) is 2. The van der Waals surface area contributed by atoms with Gasteiger partial charge in [-0.15, -0.1) is 0 Å². The van der Waals surface area contributed by atoms with Crippen molar-refractivity contribution in [2.45, 2.75) is 19.5 Å². The van der Waals surface area contributed by atoms with E-state index < -0.39 is 0 Å². The summed E-state index contributed by atoms with van der Waals surface area (Å²) in [4.78, 5) is 16.4. The molecule has 0 unspecified atom stereocenters. The van der Waals surface area contributed by atoms with E-state index in [-0.39, 0.29) is 5.91 Å². The Labute approximate surface area is 158 Å². The van der Waals surface area contributed by atoms with E-state index >= 15 is 0 Å². The molecule has 0 fully saturated rings. The first kappa shape index (κ1) is 17.0. The molecule has 2 heterocycles. The summed E-state index contributed by atoms with van der Waals surface area (Å²) in [7, 11) is 0. The predicted molar refractivity (Wildman–Crippen MR) is 108 cm³/mol. The molecule has 4 nitrogen and oxygen atoms in total. The highest BCUT2D eigenvalue weighted by atomic mass is 16.1. The third-order valence-electron chi connectivity index (χ3n) is 4.66. The van der Waals surface area contributed by atoms with Crippen molar-refractivity contribution < 1.29 is 4.79 Å². The molecule has 1 amide bonds. The molecule has 0 saturated heterocycles. The standard InChI is InChI=1S/C23H21N3O/c27-23(25-17-18-7-6-13-24-16-18)12-14-26-21-11-5-4-10-20(21)15-22(26)19-8-2-1-3-9-19/h1-11,13,15-16H,12,14,17H2,(H,25,27). The molecule has 2 aromatic heterocycles. The van der Waals surface area contributed by atoms with Gasteiger partial charge in [0.25, 0.3) is 0 Å². The van der Waals surface area contributed by atoms with E-state index in [0.29, 0.717) is 19.5 Å². The van der Waals surface area contributed by atoms with E-state index in [4.69, 9.17) is 0 Å². The summed E-state index contributed by atoms with van der Waals surface area (Å²) in [5.41, 5.74) is 4.44. The fraction of sp³-hybridized carbons (Fsp3) is 0.130. The second kappa shape index (κ2) is 7.87. The number of rotatable bonds is 6. The maximum Gasteiger partial charge on any atom is 0.222 e. The Morgan fingerprint density at radius 3 is 2.59 bits per heavy atom. The summed E-state index contributed by atoms with van der Waals surface area (Å²) >= 11 is 0. The molecule has 0 radical (unpaired) electrons. The number of carbonyl (C=O) groups excluding carboxylic acids is 1. The van der Waals surface area contributed by atoms with Gasteiger partial charge < -0.3 is 9.88 Å². The highest BCUT2D eigenvalue weighted by molar-refractivity contribution is 5.87. The molecule has 134 valence electrons. The van der Waals surface area contributed by atoms with E-state index in [1.807, 2.05) is 42.5 Å². The van der Waals surface area contributed by atoms with E-state index in [0.717, 1.165) is 22.3 Å². The summed E-state index contributed by atoms with van der Waals surface area (Å²) in [5, 5.41) is 4.16. The molecule has 0 saturated carbocycles. The van der Waals surface area contributed by atoms with Crippen LogP contribution in [0.3, 0.4) is 0 Å². The summed E-state index contributed by atoms with van der Waals surface area (Å²) in [5.74, 6) is 0.0376. The van der Waals surface area contributed by atoms with Crippen LogP contribution in [0.5, 0.6) is 0 Å². The summed E-state index contributed by atoms with van der Waals surface area (Å²) in [6.07, 6.45) is 3.93. The van der Waals surface area contributed by atoms with Gasteiger partial charge in [-0.05, 0) is 29.3 Å². The number of fused-ring (bicyclic) bond motifs is 1. The van der Waals surface area contributed by atoms with Crippen molar-refractivity contribution in [3.8, 4) is 11.3 Å². The van der Waals surface area contributed by atoms with Gasteiger partial charge in [0.1, 0.15) is 0 Å². The number of nitrogens with one attached hydrogen (secondary N) is 1. The van der Waals surface area contributed by atoms with Crippen LogP contribution in [0.4, 0.5) is 0 Å². The van der Waals surface area contributed by atoms with E-state index in [1.54, 1.807) is 12.4 Å². The van der Waals surface area contributed by atoms with Gasteiger partial charge in [-0.1, -0.05) is 54.6 Å². The number of hydrogen-bond donors (Lipinski definition) is 1. The van der Waals surface area contributed by atoms with Crippen LogP contribution in [0.1, 0.15) is 12.0 Å². The molecule has 4 heteroatoms. The maximum absolute atomic E-state index is 12.4. The monoisotopic (exact) mass is 355 g/mol. The first-order valence-electron chi connectivity index (χ1n) is 9.10. The molecule has 4 aromatic rings. The Hall–Kier alpha value is -3.40. The third kappa shape index (κ3) is 3.90. The zero-order chi connectivity index (χ0) is 18.5. The van der Waals surface area contributed by atoms with Crippen LogP contribution >= 0.6 is 0 Å². The molecule has 4 rings (SSSR count). The van der Waals surface area contributed by atoms with Gasteiger partial charge >= 0.3 is 0 Å². The number of pyridine rings is 1. The van der Waals surface area contributed by atoms with E-state index in [1.165, 1.54) is 5.39 Å². The zero-order valence-corrected chi connectivity index (χ0v) is 15.0. The van der Waals surface area contributed by atoms with E-state index in [2.05, 4.69) is 45.2 Å². The van der Waals surface area contributed by atoms with Gasteiger partial charge in [-0.2, -0.15) is 0 Å². The summed E-state index contributed by atoms with van der Waals surface area (Å²) in [6.45, 7) is 1.14. The molecular weight excluding hydrogens is 334 g/mol. The second-order valence-electron chi connectivity index (χ2n) is 6.49. The van der Waals surface area contributed by atoms with Crippen LogP contribution in [0.2, 0.25) is 0 Å². The molecule has 0 aliphatic rings. The lowest BCUT2D eigenvalue weighted by Gasteiger charge is -2.11. The summed E-state index contributed by atoms with van der Waals surface area (Å²) in [6, 6.07) is 24.6.